The van der Waals surface area contributed by atoms with Crippen molar-refractivity contribution in [2.24, 2.45) is 11.3 Å². The Morgan fingerprint density at radius 3 is 2.52 bits per heavy atom. The molecule has 1 saturated carbocycles. The molecule has 0 amide bonds. The summed E-state index contributed by atoms with van der Waals surface area (Å²) in [6.07, 6.45) is 5.59. The van der Waals surface area contributed by atoms with E-state index in [0.29, 0.717) is 13.1 Å². The molecule has 1 spiro atoms. The number of rotatable bonds is 3. The fourth-order valence-corrected chi connectivity index (χ4v) is 4.14. The van der Waals surface area contributed by atoms with Gasteiger partial charge in [-0.1, -0.05) is 31.4 Å². The van der Waals surface area contributed by atoms with Crippen LogP contribution in [0.5, 0.6) is 0 Å². The van der Waals surface area contributed by atoms with Crippen LogP contribution in [0, 0.1) is 17.2 Å². The number of hydrogen-bond acceptors (Lipinski definition) is 2. The van der Waals surface area contributed by atoms with Gasteiger partial charge in [-0.05, 0) is 36.0 Å². The van der Waals surface area contributed by atoms with Gasteiger partial charge >= 0.3 is 5.97 Å². The second kappa shape index (κ2) is 5.76. The van der Waals surface area contributed by atoms with Crippen LogP contribution in [0.4, 0.5) is 4.39 Å². The first-order valence-corrected chi connectivity index (χ1v) is 7.79. The molecule has 3 rings (SSSR count). The van der Waals surface area contributed by atoms with E-state index in [2.05, 4.69) is 4.90 Å². The molecule has 0 radical (unpaired) electrons. The van der Waals surface area contributed by atoms with Crippen molar-refractivity contribution in [1.82, 2.24) is 4.90 Å². The zero-order chi connectivity index (χ0) is 14.9. The minimum Gasteiger partial charge on any atom is -0.481 e. The number of hydrogen-bond donors (Lipinski definition) is 1. The Kier molecular flexibility index (Phi) is 3.98. The lowest BCUT2D eigenvalue weighted by Crippen LogP contribution is -2.36. The number of likely N-dealkylation sites (tertiary alicyclic amines) is 1. The monoisotopic (exact) mass is 291 g/mol. The molecule has 1 aliphatic carbocycles. The molecule has 1 aromatic carbocycles. The summed E-state index contributed by atoms with van der Waals surface area (Å²) in [7, 11) is 0. The molecule has 1 atom stereocenters. The van der Waals surface area contributed by atoms with Gasteiger partial charge < -0.3 is 5.11 Å². The lowest BCUT2D eigenvalue weighted by Gasteiger charge is -2.36. The summed E-state index contributed by atoms with van der Waals surface area (Å²) in [4.78, 5) is 13.9. The van der Waals surface area contributed by atoms with Crippen LogP contribution < -0.4 is 0 Å². The predicted octanol–water partition coefficient (Wildman–Crippen LogP) is 3.29. The minimum atomic E-state index is -0.654. The van der Waals surface area contributed by atoms with Crippen LogP contribution in [0.3, 0.4) is 0 Å². The first-order valence-electron chi connectivity index (χ1n) is 7.79. The second-order valence-corrected chi connectivity index (χ2v) is 6.61. The molecule has 0 bridgehead atoms. The molecule has 4 heteroatoms. The third-order valence-electron chi connectivity index (χ3n) is 5.19. The first-order chi connectivity index (χ1) is 10.1. The SMILES string of the molecule is O=C(O)[C@H]1CN(Cc2ccc(F)cc2)CC12CCCCC2. The second-order valence-electron chi connectivity index (χ2n) is 6.61. The Morgan fingerprint density at radius 2 is 1.90 bits per heavy atom. The predicted molar refractivity (Wildman–Crippen MR) is 78.3 cm³/mol. The minimum absolute atomic E-state index is 0.0376. The van der Waals surface area contributed by atoms with Gasteiger partial charge in [0.05, 0.1) is 5.92 Å². The molecule has 21 heavy (non-hydrogen) atoms. The van der Waals surface area contributed by atoms with Crippen molar-refractivity contribution in [1.29, 1.82) is 0 Å². The smallest absolute Gasteiger partial charge is 0.308 e. The third kappa shape index (κ3) is 2.95. The van der Waals surface area contributed by atoms with Crippen molar-refractivity contribution in [2.75, 3.05) is 13.1 Å². The lowest BCUT2D eigenvalue weighted by molar-refractivity contribution is -0.145. The molecule has 114 valence electrons. The van der Waals surface area contributed by atoms with Gasteiger partial charge in [-0.15, -0.1) is 0 Å². The number of carbonyl (C=O) groups is 1. The van der Waals surface area contributed by atoms with Crippen molar-refractivity contribution in [3.63, 3.8) is 0 Å². The maximum Gasteiger partial charge on any atom is 0.308 e. The highest BCUT2D eigenvalue weighted by Gasteiger charge is 2.50. The number of carboxylic acids is 1. The van der Waals surface area contributed by atoms with E-state index in [4.69, 9.17) is 0 Å². The quantitative estimate of drug-likeness (QED) is 0.929. The summed E-state index contributed by atoms with van der Waals surface area (Å²) in [6, 6.07) is 6.51. The number of halogens is 1. The maximum absolute atomic E-state index is 13.0. The number of benzene rings is 1. The summed E-state index contributed by atoms with van der Waals surface area (Å²) < 4.78 is 13.0. The molecule has 1 N–H and O–H groups in total. The Balaban J connectivity index is 1.73. The van der Waals surface area contributed by atoms with Crippen LogP contribution in [0.2, 0.25) is 0 Å². The molecule has 2 aliphatic rings. The van der Waals surface area contributed by atoms with E-state index >= 15 is 0 Å². The molecule has 1 heterocycles. The van der Waals surface area contributed by atoms with E-state index in [-0.39, 0.29) is 17.2 Å². The van der Waals surface area contributed by atoms with Gasteiger partial charge in [0.15, 0.2) is 0 Å². The van der Waals surface area contributed by atoms with Gasteiger partial charge in [-0.25, -0.2) is 4.39 Å². The fourth-order valence-electron chi connectivity index (χ4n) is 4.14. The molecule has 0 unspecified atom stereocenters. The van der Waals surface area contributed by atoms with Crippen molar-refractivity contribution >= 4 is 5.97 Å². The van der Waals surface area contributed by atoms with Crippen LogP contribution in [0.15, 0.2) is 24.3 Å². The van der Waals surface area contributed by atoms with E-state index in [1.165, 1.54) is 18.6 Å². The fraction of sp³-hybridized carbons (Fsp3) is 0.588. The number of aliphatic carboxylic acids is 1. The zero-order valence-corrected chi connectivity index (χ0v) is 12.2. The zero-order valence-electron chi connectivity index (χ0n) is 12.2. The van der Waals surface area contributed by atoms with Crippen LogP contribution in [0.1, 0.15) is 37.7 Å². The normalized spacial score (nSPS) is 25.3. The van der Waals surface area contributed by atoms with Crippen molar-refractivity contribution in [2.45, 2.75) is 38.6 Å². The van der Waals surface area contributed by atoms with Crippen molar-refractivity contribution in [3.05, 3.63) is 35.6 Å². The Morgan fingerprint density at radius 1 is 1.24 bits per heavy atom. The maximum atomic E-state index is 13.0. The average molecular weight is 291 g/mol. The summed E-state index contributed by atoms with van der Waals surface area (Å²) in [5.74, 6) is -1.14. The molecule has 0 aromatic heterocycles. The third-order valence-corrected chi connectivity index (χ3v) is 5.19. The average Bonchev–Trinajstić information content (AvgIpc) is 2.80. The summed E-state index contributed by atoms with van der Waals surface area (Å²) in [6.45, 7) is 2.19. The molecule has 1 aromatic rings. The van der Waals surface area contributed by atoms with E-state index in [0.717, 1.165) is 37.8 Å². The van der Waals surface area contributed by atoms with E-state index < -0.39 is 5.97 Å². The van der Waals surface area contributed by atoms with Gasteiger partial charge in [0.25, 0.3) is 0 Å². The van der Waals surface area contributed by atoms with Gasteiger partial charge in [-0.3, -0.25) is 9.69 Å². The van der Waals surface area contributed by atoms with Gasteiger partial charge in [0.1, 0.15) is 5.82 Å². The Labute approximate surface area is 124 Å². The largest absolute Gasteiger partial charge is 0.481 e. The van der Waals surface area contributed by atoms with Crippen LogP contribution in [-0.4, -0.2) is 29.1 Å². The van der Waals surface area contributed by atoms with E-state index in [1.54, 1.807) is 12.1 Å². The van der Waals surface area contributed by atoms with Crippen LogP contribution in [-0.2, 0) is 11.3 Å². The molecule has 1 saturated heterocycles. The molecule has 1 aliphatic heterocycles. The van der Waals surface area contributed by atoms with E-state index in [1.807, 2.05) is 0 Å². The highest BCUT2D eigenvalue weighted by atomic mass is 19.1. The molecule has 2 fully saturated rings. The number of carboxylic acid groups (broad SMARTS) is 1. The topological polar surface area (TPSA) is 40.5 Å². The molecular formula is C17H22FNO2. The summed E-state index contributed by atoms with van der Waals surface area (Å²) >= 11 is 0. The first kappa shape index (κ1) is 14.5. The van der Waals surface area contributed by atoms with Gasteiger partial charge in [0, 0.05) is 19.6 Å². The van der Waals surface area contributed by atoms with Gasteiger partial charge in [-0.2, -0.15) is 0 Å². The Hall–Kier alpha value is -1.42. The molecular weight excluding hydrogens is 269 g/mol. The number of nitrogens with zero attached hydrogens (tertiary/aromatic N) is 1. The van der Waals surface area contributed by atoms with Crippen LogP contribution >= 0.6 is 0 Å². The Bertz CT molecular complexity index is 508. The van der Waals surface area contributed by atoms with E-state index in [9.17, 15) is 14.3 Å². The summed E-state index contributed by atoms with van der Waals surface area (Å²) in [5.41, 5.74) is 1.01. The highest BCUT2D eigenvalue weighted by molar-refractivity contribution is 5.72. The van der Waals surface area contributed by atoms with Crippen LogP contribution in [0.25, 0.3) is 0 Å². The lowest BCUT2D eigenvalue weighted by atomic mass is 9.68. The summed E-state index contributed by atoms with van der Waals surface area (Å²) in [5, 5.41) is 9.57. The molecule has 3 nitrogen and oxygen atoms in total. The standard InChI is InChI=1S/C17H22FNO2/c18-14-6-4-13(5-7-14)10-19-11-15(16(20)21)17(12-19)8-2-1-3-9-17/h4-7,15H,1-3,8-12H2,(H,20,21)/t15-/m1/s1. The van der Waals surface area contributed by atoms with Gasteiger partial charge in [0.2, 0.25) is 0 Å². The van der Waals surface area contributed by atoms with Crippen molar-refractivity contribution < 1.29 is 14.3 Å². The van der Waals surface area contributed by atoms with Crippen molar-refractivity contribution in [3.8, 4) is 0 Å². The highest BCUT2D eigenvalue weighted by Crippen LogP contribution is 2.47.